The van der Waals surface area contributed by atoms with Gasteiger partial charge in [0.25, 0.3) is 0 Å². The normalized spacial score (nSPS) is 31.6. The van der Waals surface area contributed by atoms with Crippen molar-refractivity contribution in [3.8, 4) is 0 Å². The van der Waals surface area contributed by atoms with Gasteiger partial charge in [0.05, 0.1) is 12.6 Å². The molecule has 2 amide bonds. The van der Waals surface area contributed by atoms with Crippen LogP contribution in [0.5, 0.6) is 0 Å². The SMILES string of the molecule is CN(C)C(CNC(=O)CNC(=O)C12CC3CC(CC(C3)C1)C2)c1ccccc1. The topological polar surface area (TPSA) is 61.4 Å². The molecule has 5 rings (SSSR count). The summed E-state index contributed by atoms with van der Waals surface area (Å²) in [5.74, 6) is 2.21. The Morgan fingerprint density at radius 1 is 1.00 bits per heavy atom. The van der Waals surface area contributed by atoms with Gasteiger partial charge in [0.15, 0.2) is 0 Å². The lowest BCUT2D eigenvalue weighted by atomic mass is 9.49. The fourth-order valence-electron chi connectivity index (χ4n) is 6.28. The first-order valence-corrected chi connectivity index (χ1v) is 10.7. The maximum absolute atomic E-state index is 13.0. The van der Waals surface area contributed by atoms with Gasteiger partial charge in [-0.05, 0) is 75.9 Å². The number of hydrogen-bond donors (Lipinski definition) is 2. The largest absolute Gasteiger partial charge is 0.353 e. The van der Waals surface area contributed by atoms with Crippen molar-refractivity contribution in [1.82, 2.24) is 15.5 Å². The molecule has 5 heteroatoms. The molecule has 4 aliphatic carbocycles. The summed E-state index contributed by atoms with van der Waals surface area (Å²) in [4.78, 5) is 27.5. The van der Waals surface area contributed by atoms with Gasteiger partial charge in [-0.1, -0.05) is 30.3 Å². The first-order valence-electron chi connectivity index (χ1n) is 10.7. The van der Waals surface area contributed by atoms with Crippen LogP contribution in [0.25, 0.3) is 0 Å². The maximum atomic E-state index is 13.0. The highest BCUT2D eigenvalue weighted by Gasteiger charge is 2.54. The van der Waals surface area contributed by atoms with Crippen molar-refractivity contribution in [1.29, 1.82) is 0 Å². The van der Waals surface area contributed by atoms with Crippen LogP contribution in [0.3, 0.4) is 0 Å². The van der Waals surface area contributed by atoms with Crippen molar-refractivity contribution in [2.45, 2.75) is 44.6 Å². The second-order valence-electron chi connectivity index (χ2n) is 9.57. The molecule has 1 aromatic rings. The Hall–Kier alpha value is -1.88. The molecule has 0 aromatic heterocycles. The van der Waals surface area contributed by atoms with Gasteiger partial charge in [-0.25, -0.2) is 0 Å². The lowest BCUT2D eigenvalue weighted by Gasteiger charge is -2.55. The average Bonchev–Trinajstić information content (AvgIpc) is 2.65. The smallest absolute Gasteiger partial charge is 0.239 e. The van der Waals surface area contributed by atoms with E-state index >= 15 is 0 Å². The number of nitrogens with one attached hydrogen (secondary N) is 2. The van der Waals surface area contributed by atoms with Crippen molar-refractivity contribution in [2.75, 3.05) is 27.2 Å². The van der Waals surface area contributed by atoms with Crippen molar-refractivity contribution in [3.63, 3.8) is 0 Å². The molecule has 5 nitrogen and oxygen atoms in total. The fraction of sp³-hybridized carbons (Fsp3) is 0.652. The van der Waals surface area contributed by atoms with E-state index in [0.717, 1.165) is 37.0 Å². The van der Waals surface area contributed by atoms with Gasteiger partial charge in [0.2, 0.25) is 11.8 Å². The van der Waals surface area contributed by atoms with E-state index in [4.69, 9.17) is 0 Å². The highest BCUT2D eigenvalue weighted by molar-refractivity contribution is 5.88. The highest BCUT2D eigenvalue weighted by atomic mass is 16.2. The predicted octanol–water partition coefficient (Wildman–Crippen LogP) is 2.74. The zero-order chi connectivity index (χ0) is 19.7. The minimum Gasteiger partial charge on any atom is -0.353 e. The van der Waals surface area contributed by atoms with Gasteiger partial charge in [-0.3, -0.25) is 9.59 Å². The molecule has 4 bridgehead atoms. The molecule has 0 radical (unpaired) electrons. The number of hydrogen-bond acceptors (Lipinski definition) is 3. The Bertz CT molecular complexity index is 681. The van der Waals surface area contributed by atoms with Crippen molar-refractivity contribution >= 4 is 11.8 Å². The third-order valence-corrected chi connectivity index (χ3v) is 7.23. The van der Waals surface area contributed by atoms with E-state index in [1.807, 2.05) is 32.3 Å². The minimum absolute atomic E-state index is 0.0789. The van der Waals surface area contributed by atoms with E-state index in [1.165, 1.54) is 24.8 Å². The monoisotopic (exact) mass is 383 g/mol. The molecule has 4 fully saturated rings. The van der Waals surface area contributed by atoms with Crippen LogP contribution < -0.4 is 10.6 Å². The third kappa shape index (κ3) is 3.95. The number of amides is 2. The van der Waals surface area contributed by atoms with E-state index in [0.29, 0.717) is 6.54 Å². The highest BCUT2D eigenvalue weighted by Crippen LogP contribution is 2.60. The van der Waals surface area contributed by atoms with Crippen LogP contribution in [-0.2, 0) is 9.59 Å². The Balaban J connectivity index is 1.28. The summed E-state index contributed by atoms with van der Waals surface area (Å²) in [6.45, 7) is 0.610. The second-order valence-corrected chi connectivity index (χ2v) is 9.57. The molecular weight excluding hydrogens is 350 g/mol. The van der Waals surface area contributed by atoms with Crippen molar-refractivity contribution < 1.29 is 9.59 Å². The van der Waals surface area contributed by atoms with Gasteiger partial charge in [0, 0.05) is 12.0 Å². The first-order chi connectivity index (χ1) is 13.4. The van der Waals surface area contributed by atoms with E-state index in [1.54, 1.807) is 0 Å². The van der Waals surface area contributed by atoms with Gasteiger partial charge in [-0.15, -0.1) is 0 Å². The van der Waals surface area contributed by atoms with E-state index < -0.39 is 0 Å². The van der Waals surface area contributed by atoms with Crippen LogP contribution in [0.4, 0.5) is 0 Å². The molecule has 2 N–H and O–H groups in total. The predicted molar refractivity (Wildman–Crippen MR) is 109 cm³/mol. The van der Waals surface area contributed by atoms with Gasteiger partial charge in [0.1, 0.15) is 0 Å². The van der Waals surface area contributed by atoms with Crippen LogP contribution in [0.15, 0.2) is 30.3 Å². The number of likely N-dealkylation sites (N-methyl/N-ethyl adjacent to an activating group) is 1. The molecule has 152 valence electrons. The Morgan fingerprint density at radius 2 is 1.57 bits per heavy atom. The Kier molecular flexibility index (Phi) is 5.46. The van der Waals surface area contributed by atoms with Crippen LogP contribution in [0.1, 0.15) is 50.1 Å². The fourth-order valence-corrected chi connectivity index (χ4v) is 6.28. The van der Waals surface area contributed by atoms with Gasteiger partial charge < -0.3 is 15.5 Å². The standard InChI is InChI=1S/C23H33N3O2/c1-26(2)20(19-6-4-3-5-7-19)14-24-21(27)15-25-22(28)23-11-16-8-17(12-23)10-18(9-16)13-23/h3-7,16-18,20H,8-15H2,1-2H3,(H,24,27)(H,25,28). The maximum Gasteiger partial charge on any atom is 0.239 e. The summed E-state index contributed by atoms with van der Waals surface area (Å²) in [5.41, 5.74) is 0.982. The minimum atomic E-state index is -0.189. The quantitative estimate of drug-likeness (QED) is 0.761. The van der Waals surface area contributed by atoms with Crippen LogP contribution in [0, 0.1) is 23.2 Å². The van der Waals surface area contributed by atoms with Crippen molar-refractivity contribution in [2.24, 2.45) is 23.2 Å². The number of rotatable bonds is 7. The molecule has 1 atom stereocenters. The number of nitrogens with zero attached hydrogens (tertiary/aromatic N) is 1. The zero-order valence-electron chi connectivity index (χ0n) is 17.1. The van der Waals surface area contributed by atoms with Crippen LogP contribution in [0.2, 0.25) is 0 Å². The number of carbonyl (C=O) groups excluding carboxylic acids is 2. The van der Waals surface area contributed by atoms with Crippen LogP contribution in [-0.4, -0.2) is 43.9 Å². The molecular formula is C23H33N3O2. The molecule has 1 unspecified atom stereocenters. The molecule has 0 aliphatic heterocycles. The summed E-state index contributed by atoms with van der Waals surface area (Å²) >= 11 is 0. The first kappa shape index (κ1) is 19.4. The summed E-state index contributed by atoms with van der Waals surface area (Å²) in [7, 11) is 4.03. The summed E-state index contributed by atoms with van der Waals surface area (Å²) in [5, 5.41) is 5.96. The van der Waals surface area contributed by atoms with Gasteiger partial charge >= 0.3 is 0 Å². The van der Waals surface area contributed by atoms with E-state index in [9.17, 15) is 9.59 Å². The number of benzene rings is 1. The lowest BCUT2D eigenvalue weighted by molar-refractivity contribution is -0.147. The summed E-state index contributed by atoms with van der Waals surface area (Å²) in [6, 6.07) is 10.3. The molecule has 4 aliphatic rings. The number of carbonyl (C=O) groups is 2. The molecule has 28 heavy (non-hydrogen) atoms. The molecule has 4 saturated carbocycles. The Labute approximate surface area is 168 Å². The van der Waals surface area contributed by atoms with Crippen LogP contribution >= 0.6 is 0 Å². The molecule has 0 heterocycles. The van der Waals surface area contributed by atoms with E-state index in [2.05, 4.69) is 27.7 Å². The average molecular weight is 384 g/mol. The Morgan fingerprint density at radius 3 is 2.11 bits per heavy atom. The lowest BCUT2D eigenvalue weighted by Crippen LogP contribution is -2.54. The summed E-state index contributed by atoms with van der Waals surface area (Å²) < 4.78 is 0. The molecule has 0 spiro atoms. The van der Waals surface area contributed by atoms with Gasteiger partial charge in [-0.2, -0.15) is 0 Å². The van der Waals surface area contributed by atoms with Crippen molar-refractivity contribution in [3.05, 3.63) is 35.9 Å². The zero-order valence-corrected chi connectivity index (χ0v) is 17.1. The molecule has 1 aromatic carbocycles. The third-order valence-electron chi connectivity index (χ3n) is 7.23. The summed E-state index contributed by atoms with van der Waals surface area (Å²) in [6.07, 6.45) is 7.05. The molecule has 0 saturated heterocycles. The second kappa shape index (κ2) is 7.86. The van der Waals surface area contributed by atoms with E-state index in [-0.39, 0.29) is 29.8 Å².